The van der Waals surface area contributed by atoms with Crippen LogP contribution in [0, 0.1) is 6.92 Å². The van der Waals surface area contributed by atoms with Crippen molar-refractivity contribution in [3.63, 3.8) is 0 Å². The molecule has 0 fully saturated rings. The minimum Gasteiger partial charge on any atom is -0.355 e. The lowest BCUT2D eigenvalue weighted by Gasteiger charge is -2.06. The van der Waals surface area contributed by atoms with Crippen molar-refractivity contribution in [2.75, 3.05) is 7.05 Å². The number of rotatable bonds is 2. The van der Waals surface area contributed by atoms with Gasteiger partial charge in [-0.25, -0.2) is 0 Å². The highest BCUT2D eigenvalue weighted by atomic mass is 16.1. The molecule has 108 valence electrons. The standard InChI is InChI=1S/C11H15NO.C7H8.H2/c1-8(2)9-5-4-6-10(7-9)11(13)12-3;1-7-5-3-2-4-6-7;/h4-8H,1-3H3,(H,12,13);2-6H,1H3;1H. The summed E-state index contributed by atoms with van der Waals surface area (Å²) in [4.78, 5) is 11.3. The SMILES string of the molecule is CNC(=O)c1cccc(C(C)C)c1.Cc1ccccc1.[HH]. The zero-order valence-corrected chi connectivity index (χ0v) is 12.7. The van der Waals surface area contributed by atoms with E-state index in [1.807, 2.05) is 42.5 Å². The van der Waals surface area contributed by atoms with Gasteiger partial charge in [0.15, 0.2) is 0 Å². The van der Waals surface area contributed by atoms with Crippen molar-refractivity contribution in [1.82, 2.24) is 5.32 Å². The molecular weight excluding hydrogens is 246 g/mol. The van der Waals surface area contributed by atoms with Crippen molar-refractivity contribution >= 4 is 5.91 Å². The fraction of sp³-hybridized carbons (Fsp3) is 0.278. The van der Waals surface area contributed by atoms with E-state index in [1.165, 1.54) is 11.1 Å². The Bertz CT molecular complexity index is 538. The summed E-state index contributed by atoms with van der Waals surface area (Å²) in [6.07, 6.45) is 0. The molecular formula is C18H25NO. The summed E-state index contributed by atoms with van der Waals surface area (Å²) in [5.41, 5.74) is 3.25. The average Bonchev–Trinajstić information content (AvgIpc) is 2.48. The van der Waals surface area contributed by atoms with Crippen LogP contribution in [-0.2, 0) is 0 Å². The van der Waals surface area contributed by atoms with Gasteiger partial charge in [0.2, 0.25) is 0 Å². The monoisotopic (exact) mass is 271 g/mol. The number of amides is 1. The predicted molar refractivity (Wildman–Crippen MR) is 87.2 cm³/mol. The van der Waals surface area contributed by atoms with Gasteiger partial charge < -0.3 is 5.32 Å². The maximum absolute atomic E-state index is 11.3. The summed E-state index contributed by atoms with van der Waals surface area (Å²) in [6, 6.07) is 18.0. The molecule has 0 aliphatic heterocycles. The van der Waals surface area contributed by atoms with E-state index >= 15 is 0 Å². The molecule has 0 spiro atoms. The highest BCUT2D eigenvalue weighted by molar-refractivity contribution is 5.94. The van der Waals surface area contributed by atoms with Crippen LogP contribution in [0.4, 0.5) is 0 Å². The fourth-order valence-corrected chi connectivity index (χ4v) is 1.72. The first kappa shape index (κ1) is 16.0. The van der Waals surface area contributed by atoms with E-state index in [0.29, 0.717) is 5.92 Å². The van der Waals surface area contributed by atoms with Crippen LogP contribution < -0.4 is 5.32 Å². The number of benzene rings is 2. The van der Waals surface area contributed by atoms with Crippen LogP contribution in [0.25, 0.3) is 0 Å². The lowest BCUT2D eigenvalue weighted by Crippen LogP contribution is -2.17. The van der Waals surface area contributed by atoms with Gasteiger partial charge in [0.25, 0.3) is 5.91 Å². The summed E-state index contributed by atoms with van der Waals surface area (Å²) in [6.45, 7) is 6.31. The first-order valence-electron chi connectivity index (χ1n) is 6.88. The Balaban J connectivity index is 0.000000425. The van der Waals surface area contributed by atoms with Crippen LogP contribution in [0.15, 0.2) is 54.6 Å². The Hall–Kier alpha value is -2.09. The van der Waals surface area contributed by atoms with E-state index in [-0.39, 0.29) is 7.33 Å². The normalized spacial score (nSPS) is 9.65. The minimum absolute atomic E-state index is 0. The third-order valence-electron chi connectivity index (χ3n) is 2.98. The molecule has 1 N–H and O–H groups in total. The second-order valence-corrected chi connectivity index (χ2v) is 5.01. The molecule has 0 aliphatic carbocycles. The summed E-state index contributed by atoms with van der Waals surface area (Å²) < 4.78 is 0. The number of aryl methyl sites for hydroxylation is 1. The van der Waals surface area contributed by atoms with Crippen LogP contribution in [0.5, 0.6) is 0 Å². The van der Waals surface area contributed by atoms with Crippen LogP contribution in [0.3, 0.4) is 0 Å². The summed E-state index contributed by atoms with van der Waals surface area (Å²) in [5.74, 6) is 0.437. The number of carbonyl (C=O) groups is 1. The minimum atomic E-state index is -0.0255. The summed E-state index contributed by atoms with van der Waals surface area (Å²) in [7, 11) is 1.64. The van der Waals surface area contributed by atoms with Crippen LogP contribution in [0.1, 0.15) is 42.7 Å². The topological polar surface area (TPSA) is 29.1 Å². The third kappa shape index (κ3) is 5.27. The van der Waals surface area contributed by atoms with Crippen molar-refractivity contribution in [2.45, 2.75) is 26.7 Å². The van der Waals surface area contributed by atoms with Crippen molar-refractivity contribution < 1.29 is 6.22 Å². The number of nitrogens with one attached hydrogen (secondary N) is 1. The molecule has 1 amide bonds. The molecule has 0 heterocycles. The van der Waals surface area contributed by atoms with Crippen LogP contribution in [-0.4, -0.2) is 13.0 Å². The van der Waals surface area contributed by atoms with Gasteiger partial charge in [0.1, 0.15) is 0 Å². The van der Waals surface area contributed by atoms with Crippen molar-refractivity contribution in [3.8, 4) is 0 Å². The number of carbonyl (C=O) groups excluding carboxylic acids is 1. The van der Waals surface area contributed by atoms with E-state index < -0.39 is 0 Å². The Morgan fingerprint density at radius 1 is 1.05 bits per heavy atom. The van der Waals surface area contributed by atoms with Gasteiger partial charge in [-0.15, -0.1) is 0 Å². The molecule has 0 saturated carbocycles. The highest BCUT2D eigenvalue weighted by Gasteiger charge is 2.04. The first-order valence-corrected chi connectivity index (χ1v) is 6.88. The maximum atomic E-state index is 11.3. The molecule has 0 aliphatic rings. The van der Waals surface area contributed by atoms with E-state index in [1.54, 1.807) is 7.05 Å². The number of hydrogen-bond acceptors (Lipinski definition) is 1. The molecule has 0 radical (unpaired) electrons. The maximum Gasteiger partial charge on any atom is 0.251 e. The molecule has 0 bridgehead atoms. The fourth-order valence-electron chi connectivity index (χ4n) is 1.72. The largest absolute Gasteiger partial charge is 0.355 e. The zero-order chi connectivity index (χ0) is 15.0. The van der Waals surface area contributed by atoms with Gasteiger partial charge in [-0.1, -0.05) is 61.9 Å². The van der Waals surface area contributed by atoms with E-state index in [2.05, 4.69) is 38.2 Å². The molecule has 0 atom stereocenters. The van der Waals surface area contributed by atoms with Gasteiger partial charge in [-0.05, 0) is 30.5 Å². The molecule has 20 heavy (non-hydrogen) atoms. The smallest absolute Gasteiger partial charge is 0.251 e. The van der Waals surface area contributed by atoms with E-state index in [4.69, 9.17) is 0 Å². The van der Waals surface area contributed by atoms with Crippen LogP contribution >= 0.6 is 0 Å². The van der Waals surface area contributed by atoms with Gasteiger partial charge in [0.05, 0.1) is 0 Å². The molecule has 2 rings (SSSR count). The molecule has 2 aromatic rings. The summed E-state index contributed by atoms with van der Waals surface area (Å²) >= 11 is 0. The molecule has 0 saturated heterocycles. The zero-order valence-electron chi connectivity index (χ0n) is 12.7. The van der Waals surface area contributed by atoms with Crippen molar-refractivity contribution in [3.05, 3.63) is 71.3 Å². The van der Waals surface area contributed by atoms with E-state index in [9.17, 15) is 4.79 Å². The Labute approximate surface area is 123 Å². The van der Waals surface area contributed by atoms with Gasteiger partial charge in [0, 0.05) is 14.0 Å². The molecule has 0 aromatic heterocycles. The first-order chi connectivity index (χ1) is 9.54. The van der Waals surface area contributed by atoms with Crippen molar-refractivity contribution in [2.24, 2.45) is 0 Å². The molecule has 2 nitrogen and oxygen atoms in total. The highest BCUT2D eigenvalue weighted by Crippen LogP contribution is 2.15. The Kier molecular flexibility index (Phi) is 6.51. The lowest BCUT2D eigenvalue weighted by atomic mass is 10.0. The van der Waals surface area contributed by atoms with Gasteiger partial charge >= 0.3 is 0 Å². The molecule has 0 unspecified atom stereocenters. The van der Waals surface area contributed by atoms with Crippen LogP contribution in [0.2, 0.25) is 0 Å². The second-order valence-electron chi connectivity index (χ2n) is 5.01. The van der Waals surface area contributed by atoms with E-state index in [0.717, 1.165) is 5.56 Å². The predicted octanol–water partition coefficient (Wildman–Crippen LogP) is 4.41. The Morgan fingerprint density at radius 3 is 2.15 bits per heavy atom. The second kappa shape index (κ2) is 8.16. The average molecular weight is 271 g/mol. The molecule has 2 heteroatoms. The van der Waals surface area contributed by atoms with Gasteiger partial charge in [-0.3, -0.25) is 4.79 Å². The van der Waals surface area contributed by atoms with Crippen molar-refractivity contribution in [1.29, 1.82) is 0 Å². The van der Waals surface area contributed by atoms with Gasteiger partial charge in [-0.2, -0.15) is 0 Å². The number of hydrogen-bond donors (Lipinski definition) is 1. The third-order valence-corrected chi connectivity index (χ3v) is 2.98. The Morgan fingerprint density at radius 2 is 1.70 bits per heavy atom. The summed E-state index contributed by atoms with van der Waals surface area (Å²) in [5, 5.41) is 2.61. The lowest BCUT2D eigenvalue weighted by molar-refractivity contribution is 0.0963. The quantitative estimate of drug-likeness (QED) is 0.861. The molecule has 2 aromatic carbocycles.